The molecule has 1 unspecified atom stereocenters. The minimum Gasteiger partial charge on any atom is -0.480 e. The van der Waals surface area contributed by atoms with E-state index in [2.05, 4.69) is 0 Å². The van der Waals surface area contributed by atoms with Crippen molar-refractivity contribution in [2.24, 2.45) is 0 Å². The molecule has 72 valence electrons. The molecule has 0 fully saturated rings. The second-order valence-electron chi connectivity index (χ2n) is 2.30. The third kappa shape index (κ3) is 5.31. The van der Waals surface area contributed by atoms with Crippen LogP contribution >= 0.6 is 46.4 Å². The number of hydrogen-bond donors (Lipinski definition) is 1. The lowest BCUT2D eigenvalue weighted by Crippen LogP contribution is -2.24. The molecule has 1 N–H and O–H groups in total. The van der Waals surface area contributed by atoms with Crippen LogP contribution in [0, 0.1) is 0 Å². The molecule has 1 atom stereocenters. The van der Waals surface area contributed by atoms with E-state index in [-0.39, 0.29) is 12.3 Å². The first-order valence-electron chi connectivity index (χ1n) is 3.20. The summed E-state index contributed by atoms with van der Waals surface area (Å²) in [7, 11) is 0. The van der Waals surface area contributed by atoms with Crippen molar-refractivity contribution in [1.29, 1.82) is 0 Å². The summed E-state index contributed by atoms with van der Waals surface area (Å²) in [5, 5.41) is 7.36. The van der Waals surface area contributed by atoms with Crippen molar-refractivity contribution in [3.8, 4) is 0 Å². The molecule has 6 heteroatoms. The molecule has 0 aromatic carbocycles. The molecular formula is C6H8Cl4O2. The third-order valence-electron chi connectivity index (χ3n) is 1.21. The average molecular weight is 254 g/mol. The summed E-state index contributed by atoms with van der Waals surface area (Å²) in [6.45, 7) is 0. The Balaban J connectivity index is 3.95. The highest BCUT2D eigenvalue weighted by molar-refractivity contribution is 6.49. The molecule has 0 saturated carbocycles. The van der Waals surface area contributed by atoms with Crippen molar-refractivity contribution in [2.45, 2.75) is 22.6 Å². The first-order chi connectivity index (χ1) is 5.39. The van der Waals surface area contributed by atoms with Crippen LogP contribution in [0.1, 0.15) is 12.8 Å². The van der Waals surface area contributed by atoms with Gasteiger partial charge in [0.1, 0.15) is 9.71 Å². The number of carboxylic acids is 1. The number of alkyl halides is 4. The van der Waals surface area contributed by atoms with Crippen molar-refractivity contribution < 1.29 is 9.90 Å². The Morgan fingerprint density at radius 1 is 1.50 bits per heavy atom. The fourth-order valence-electron chi connectivity index (χ4n) is 0.590. The van der Waals surface area contributed by atoms with Gasteiger partial charge in [-0.3, -0.25) is 4.79 Å². The number of carbonyl (C=O) groups is 1. The highest BCUT2D eigenvalue weighted by atomic mass is 35.5. The SMILES string of the molecule is O=C(O)C(Cl)CC(Cl)(Cl)CCCl. The second kappa shape index (κ2) is 5.38. The van der Waals surface area contributed by atoms with Crippen LogP contribution in [0.5, 0.6) is 0 Å². The van der Waals surface area contributed by atoms with Gasteiger partial charge in [-0.15, -0.1) is 46.4 Å². The Labute approximate surface area is 90.7 Å². The second-order valence-corrected chi connectivity index (χ2v) is 4.85. The van der Waals surface area contributed by atoms with Crippen molar-refractivity contribution in [3.63, 3.8) is 0 Å². The molecule has 0 amide bonds. The van der Waals surface area contributed by atoms with Gasteiger partial charge in [-0.05, 0) is 6.42 Å². The summed E-state index contributed by atoms with van der Waals surface area (Å²) in [6.07, 6.45) is 0.299. The largest absolute Gasteiger partial charge is 0.480 e. The van der Waals surface area contributed by atoms with Gasteiger partial charge in [0.2, 0.25) is 0 Å². The quantitative estimate of drug-likeness (QED) is 0.766. The first kappa shape index (κ1) is 12.6. The van der Waals surface area contributed by atoms with Crippen LogP contribution in [0.3, 0.4) is 0 Å². The highest BCUT2D eigenvalue weighted by Crippen LogP contribution is 2.32. The van der Waals surface area contributed by atoms with Crippen LogP contribution in [0.15, 0.2) is 0 Å². The van der Waals surface area contributed by atoms with E-state index in [0.717, 1.165) is 0 Å². The van der Waals surface area contributed by atoms with E-state index in [9.17, 15) is 4.79 Å². The van der Waals surface area contributed by atoms with Gasteiger partial charge in [0.15, 0.2) is 0 Å². The van der Waals surface area contributed by atoms with Gasteiger partial charge in [-0.25, -0.2) is 0 Å². The van der Waals surface area contributed by atoms with E-state index >= 15 is 0 Å². The monoisotopic (exact) mass is 252 g/mol. The zero-order valence-corrected chi connectivity index (χ0v) is 9.09. The molecule has 12 heavy (non-hydrogen) atoms. The van der Waals surface area contributed by atoms with Crippen molar-refractivity contribution in [1.82, 2.24) is 0 Å². The first-order valence-corrected chi connectivity index (χ1v) is 4.92. The van der Waals surface area contributed by atoms with Gasteiger partial charge in [0.25, 0.3) is 0 Å². The molecular weight excluding hydrogens is 246 g/mol. The highest BCUT2D eigenvalue weighted by Gasteiger charge is 2.30. The summed E-state index contributed by atoms with van der Waals surface area (Å²) in [6, 6.07) is 0. The number of rotatable bonds is 5. The maximum absolute atomic E-state index is 10.3. The van der Waals surface area contributed by atoms with E-state index in [1.165, 1.54) is 0 Å². The lowest BCUT2D eigenvalue weighted by molar-refractivity contribution is -0.136. The number of halogens is 4. The van der Waals surface area contributed by atoms with Crippen molar-refractivity contribution in [2.75, 3.05) is 5.88 Å². The number of aliphatic carboxylic acids is 1. The van der Waals surface area contributed by atoms with Crippen LogP contribution < -0.4 is 0 Å². The minimum absolute atomic E-state index is 0.0142. The Bertz CT molecular complexity index is 160. The molecule has 2 nitrogen and oxygen atoms in total. The molecule has 0 spiro atoms. The van der Waals surface area contributed by atoms with E-state index in [1.807, 2.05) is 0 Å². The van der Waals surface area contributed by atoms with Gasteiger partial charge in [0.05, 0.1) is 0 Å². The van der Waals surface area contributed by atoms with Gasteiger partial charge in [-0.2, -0.15) is 0 Å². The molecule has 0 aliphatic rings. The molecule has 0 radical (unpaired) electrons. The summed E-state index contributed by atoms with van der Waals surface area (Å²) in [4.78, 5) is 10.3. The number of hydrogen-bond acceptors (Lipinski definition) is 1. The van der Waals surface area contributed by atoms with Gasteiger partial charge in [0, 0.05) is 12.3 Å². The van der Waals surface area contributed by atoms with Crippen LogP contribution in [0.2, 0.25) is 0 Å². The van der Waals surface area contributed by atoms with Crippen LogP contribution in [-0.4, -0.2) is 26.7 Å². The predicted molar refractivity (Wildman–Crippen MR) is 51.7 cm³/mol. The van der Waals surface area contributed by atoms with Crippen LogP contribution in [0.25, 0.3) is 0 Å². The lowest BCUT2D eigenvalue weighted by Gasteiger charge is -2.18. The van der Waals surface area contributed by atoms with Crippen LogP contribution in [0.4, 0.5) is 0 Å². The minimum atomic E-state index is -1.15. The third-order valence-corrected chi connectivity index (χ3v) is 2.42. The smallest absolute Gasteiger partial charge is 0.321 e. The molecule has 0 heterocycles. The lowest BCUT2D eigenvalue weighted by atomic mass is 10.2. The molecule has 0 saturated heterocycles. The van der Waals surface area contributed by atoms with Crippen LogP contribution in [-0.2, 0) is 4.79 Å². The molecule has 0 rings (SSSR count). The normalized spacial score (nSPS) is 14.3. The van der Waals surface area contributed by atoms with E-state index < -0.39 is 15.7 Å². The maximum atomic E-state index is 10.3. The van der Waals surface area contributed by atoms with E-state index in [0.29, 0.717) is 6.42 Å². The molecule has 0 bridgehead atoms. The Morgan fingerprint density at radius 2 is 2.00 bits per heavy atom. The number of carboxylic acid groups (broad SMARTS) is 1. The molecule has 0 aliphatic heterocycles. The van der Waals surface area contributed by atoms with Gasteiger partial charge in [-0.1, -0.05) is 0 Å². The molecule has 0 aliphatic carbocycles. The Kier molecular flexibility index (Phi) is 5.66. The topological polar surface area (TPSA) is 37.3 Å². The summed E-state index contributed by atoms with van der Waals surface area (Å²) >= 11 is 22.2. The average Bonchev–Trinajstić information content (AvgIpc) is 1.85. The fraction of sp³-hybridized carbons (Fsp3) is 0.833. The zero-order chi connectivity index (χ0) is 9.78. The molecule has 0 aromatic rings. The zero-order valence-electron chi connectivity index (χ0n) is 6.07. The van der Waals surface area contributed by atoms with Crippen molar-refractivity contribution in [3.05, 3.63) is 0 Å². The van der Waals surface area contributed by atoms with E-state index in [4.69, 9.17) is 51.5 Å². The Morgan fingerprint density at radius 3 is 2.33 bits per heavy atom. The van der Waals surface area contributed by atoms with Crippen molar-refractivity contribution >= 4 is 52.4 Å². The molecule has 0 aromatic heterocycles. The van der Waals surface area contributed by atoms with E-state index in [1.54, 1.807) is 0 Å². The van der Waals surface area contributed by atoms with Gasteiger partial charge >= 0.3 is 5.97 Å². The standard InChI is InChI=1S/C6H8Cl4O2/c7-2-1-6(9,10)3-4(8)5(11)12/h4H,1-3H2,(H,11,12). The predicted octanol–water partition coefficient (Wildman–Crippen LogP) is 2.87. The summed E-state index contributed by atoms with van der Waals surface area (Å²) in [5.74, 6) is -0.854. The summed E-state index contributed by atoms with van der Waals surface area (Å²) < 4.78 is -1.15. The summed E-state index contributed by atoms with van der Waals surface area (Å²) in [5.41, 5.74) is 0. The van der Waals surface area contributed by atoms with Gasteiger partial charge < -0.3 is 5.11 Å². The fourth-order valence-corrected chi connectivity index (χ4v) is 2.02. The maximum Gasteiger partial charge on any atom is 0.321 e. The Hall–Kier alpha value is 0.630.